The summed E-state index contributed by atoms with van der Waals surface area (Å²) in [5.41, 5.74) is -0.0211. The molecular formula is C13H8Cl2N2O4. The summed E-state index contributed by atoms with van der Waals surface area (Å²) < 4.78 is 0. The number of phenols is 1. The highest BCUT2D eigenvalue weighted by Crippen LogP contribution is 2.28. The summed E-state index contributed by atoms with van der Waals surface area (Å²) in [5.74, 6) is -0.843. The highest BCUT2D eigenvalue weighted by Gasteiger charge is 2.15. The second-order valence-corrected chi connectivity index (χ2v) is 4.88. The topological polar surface area (TPSA) is 92.5 Å². The Labute approximate surface area is 129 Å². The van der Waals surface area contributed by atoms with E-state index in [4.69, 9.17) is 23.2 Å². The third kappa shape index (κ3) is 3.42. The molecule has 1 amide bonds. The number of nitrogens with zero attached hydrogens (tertiary/aromatic N) is 1. The summed E-state index contributed by atoms with van der Waals surface area (Å²) in [5, 5.41) is 22.9. The van der Waals surface area contributed by atoms with Crippen molar-refractivity contribution < 1.29 is 14.8 Å². The number of nitrogens with one attached hydrogen (secondary N) is 1. The molecule has 6 nitrogen and oxygen atoms in total. The fourth-order valence-electron chi connectivity index (χ4n) is 1.62. The normalized spacial score (nSPS) is 10.2. The number of amides is 1. The molecule has 0 saturated carbocycles. The Kier molecular flexibility index (Phi) is 4.30. The van der Waals surface area contributed by atoms with Crippen molar-refractivity contribution in [1.29, 1.82) is 0 Å². The number of carbonyl (C=O) groups is 1. The van der Waals surface area contributed by atoms with E-state index in [1.807, 2.05) is 0 Å². The molecular weight excluding hydrogens is 319 g/mol. The Balaban J connectivity index is 2.26. The number of phenolic OH excluding ortho intramolecular Hbond substituents is 1. The van der Waals surface area contributed by atoms with Crippen LogP contribution in [0, 0.1) is 10.1 Å². The number of nitro groups is 1. The van der Waals surface area contributed by atoms with Gasteiger partial charge in [0, 0.05) is 16.8 Å². The predicted octanol–water partition coefficient (Wildman–Crippen LogP) is 3.86. The fraction of sp³-hybridized carbons (Fsp3) is 0. The molecule has 0 atom stereocenters. The lowest BCUT2D eigenvalue weighted by Crippen LogP contribution is -2.12. The number of hydrogen-bond donors (Lipinski definition) is 2. The standard InChI is InChI=1S/C13H8Cl2N2O4/c14-7-1-4-12(18)9(5-7)13(19)16-8-2-3-11(17(20)21)10(15)6-8/h1-6,18H,(H,16,19). The lowest BCUT2D eigenvalue weighted by molar-refractivity contribution is -0.384. The number of nitro benzene ring substituents is 1. The molecule has 0 heterocycles. The zero-order chi connectivity index (χ0) is 15.6. The quantitative estimate of drug-likeness (QED) is 0.661. The molecule has 0 fully saturated rings. The summed E-state index contributed by atoms with van der Waals surface area (Å²) in [6.07, 6.45) is 0. The minimum Gasteiger partial charge on any atom is -0.507 e. The van der Waals surface area contributed by atoms with E-state index < -0.39 is 10.8 Å². The van der Waals surface area contributed by atoms with Gasteiger partial charge in [0.2, 0.25) is 0 Å². The van der Waals surface area contributed by atoms with E-state index in [2.05, 4.69) is 5.32 Å². The summed E-state index contributed by atoms with van der Waals surface area (Å²) in [6, 6.07) is 7.80. The lowest BCUT2D eigenvalue weighted by Gasteiger charge is -2.07. The number of aromatic hydroxyl groups is 1. The van der Waals surface area contributed by atoms with Crippen molar-refractivity contribution in [3.8, 4) is 5.75 Å². The van der Waals surface area contributed by atoms with Gasteiger partial charge in [-0.1, -0.05) is 23.2 Å². The Morgan fingerprint density at radius 3 is 2.52 bits per heavy atom. The first-order valence-electron chi connectivity index (χ1n) is 5.62. The highest BCUT2D eigenvalue weighted by molar-refractivity contribution is 6.33. The second-order valence-electron chi connectivity index (χ2n) is 4.04. The predicted molar refractivity (Wildman–Crippen MR) is 79.2 cm³/mol. The van der Waals surface area contributed by atoms with Crippen molar-refractivity contribution in [2.45, 2.75) is 0 Å². The van der Waals surface area contributed by atoms with Crippen LogP contribution >= 0.6 is 23.2 Å². The van der Waals surface area contributed by atoms with Crippen LogP contribution in [0.3, 0.4) is 0 Å². The maximum absolute atomic E-state index is 12.0. The van der Waals surface area contributed by atoms with E-state index in [-0.39, 0.29) is 27.7 Å². The fourth-order valence-corrected chi connectivity index (χ4v) is 2.04. The molecule has 0 bridgehead atoms. The van der Waals surface area contributed by atoms with Gasteiger partial charge in [0.05, 0.1) is 10.5 Å². The molecule has 0 unspecified atom stereocenters. The van der Waals surface area contributed by atoms with E-state index in [1.165, 1.54) is 36.4 Å². The average molecular weight is 327 g/mol. The van der Waals surface area contributed by atoms with Gasteiger partial charge in [0.1, 0.15) is 10.8 Å². The third-order valence-electron chi connectivity index (χ3n) is 2.61. The van der Waals surface area contributed by atoms with Gasteiger partial charge in [0.15, 0.2) is 0 Å². The summed E-state index contributed by atoms with van der Waals surface area (Å²) >= 11 is 11.5. The molecule has 2 aromatic carbocycles. The maximum atomic E-state index is 12.0. The van der Waals surface area contributed by atoms with Gasteiger partial charge in [-0.2, -0.15) is 0 Å². The SMILES string of the molecule is O=C(Nc1ccc([N+](=O)[O-])c(Cl)c1)c1cc(Cl)ccc1O. The van der Waals surface area contributed by atoms with E-state index in [1.54, 1.807) is 0 Å². The molecule has 2 rings (SSSR count). The lowest BCUT2D eigenvalue weighted by atomic mass is 10.2. The van der Waals surface area contributed by atoms with Crippen molar-refractivity contribution in [3.05, 3.63) is 62.1 Å². The van der Waals surface area contributed by atoms with Crippen molar-refractivity contribution in [3.63, 3.8) is 0 Å². The number of hydrogen-bond acceptors (Lipinski definition) is 4. The van der Waals surface area contributed by atoms with E-state index in [9.17, 15) is 20.0 Å². The van der Waals surface area contributed by atoms with Crippen LogP contribution in [-0.2, 0) is 0 Å². The minimum atomic E-state index is -0.628. The van der Waals surface area contributed by atoms with Crippen LogP contribution in [0.1, 0.15) is 10.4 Å². The first kappa shape index (κ1) is 15.1. The Morgan fingerprint density at radius 1 is 1.19 bits per heavy atom. The van der Waals surface area contributed by atoms with Crippen molar-refractivity contribution in [2.24, 2.45) is 0 Å². The van der Waals surface area contributed by atoms with Crippen LogP contribution in [0.25, 0.3) is 0 Å². The Bertz CT molecular complexity index is 734. The smallest absolute Gasteiger partial charge is 0.288 e. The van der Waals surface area contributed by atoms with Crippen LogP contribution in [0.5, 0.6) is 5.75 Å². The number of rotatable bonds is 3. The number of halogens is 2. The van der Waals surface area contributed by atoms with Crippen molar-refractivity contribution >= 4 is 40.5 Å². The molecule has 0 aliphatic heterocycles. The molecule has 8 heteroatoms. The van der Waals surface area contributed by atoms with Gasteiger partial charge in [0.25, 0.3) is 11.6 Å². The zero-order valence-electron chi connectivity index (χ0n) is 10.3. The van der Waals surface area contributed by atoms with Crippen molar-refractivity contribution in [2.75, 3.05) is 5.32 Å². The minimum absolute atomic E-state index is 0.0167. The number of benzene rings is 2. The summed E-state index contributed by atoms with van der Waals surface area (Å²) in [6.45, 7) is 0. The monoisotopic (exact) mass is 326 g/mol. The molecule has 108 valence electrons. The van der Waals surface area contributed by atoms with Gasteiger partial charge in [-0.25, -0.2) is 0 Å². The maximum Gasteiger partial charge on any atom is 0.288 e. The molecule has 0 saturated heterocycles. The molecule has 0 aromatic heterocycles. The molecule has 0 spiro atoms. The number of carbonyl (C=O) groups excluding carboxylic acids is 1. The van der Waals surface area contributed by atoms with Gasteiger partial charge in [-0.05, 0) is 30.3 Å². The van der Waals surface area contributed by atoms with Gasteiger partial charge in [-0.3, -0.25) is 14.9 Å². The first-order chi connectivity index (χ1) is 9.88. The zero-order valence-corrected chi connectivity index (χ0v) is 11.9. The highest BCUT2D eigenvalue weighted by atomic mass is 35.5. The third-order valence-corrected chi connectivity index (χ3v) is 3.14. The van der Waals surface area contributed by atoms with Gasteiger partial charge >= 0.3 is 0 Å². The Hall–Kier alpha value is -2.31. The van der Waals surface area contributed by atoms with E-state index >= 15 is 0 Å². The van der Waals surface area contributed by atoms with Gasteiger partial charge < -0.3 is 10.4 Å². The van der Waals surface area contributed by atoms with Crippen LogP contribution in [0.15, 0.2) is 36.4 Å². The molecule has 21 heavy (non-hydrogen) atoms. The first-order valence-corrected chi connectivity index (χ1v) is 6.38. The van der Waals surface area contributed by atoms with E-state index in [0.717, 1.165) is 0 Å². The largest absolute Gasteiger partial charge is 0.507 e. The summed E-state index contributed by atoms with van der Waals surface area (Å²) in [4.78, 5) is 22.0. The van der Waals surface area contributed by atoms with Crippen LogP contribution in [-0.4, -0.2) is 15.9 Å². The van der Waals surface area contributed by atoms with E-state index in [0.29, 0.717) is 5.02 Å². The summed E-state index contributed by atoms with van der Waals surface area (Å²) in [7, 11) is 0. The second kappa shape index (κ2) is 5.99. The molecule has 0 aliphatic carbocycles. The van der Waals surface area contributed by atoms with Crippen LogP contribution in [0.2, 0.25) is 10.0 Å². The molecule has 0 aliphatic rings. The van der Waals surface area contributed by atoms with Gasteiger partial charge in [-0.15, -0.1) is 0 Å². The molecule has 2 aromatic rings. The van der Waals surface area contributed by atoms with Crippen molar-refractivity contribution in [1.82, 2.24) is 0 Å². The number of anilines is 1. The Morgan fingerprint density at radius 2 is 1.90 bits per heavy atom. The van der Waals surface area contributed by atoms with Crippen LogP contribution < -0.4 is 5.32 Å². The molecule has 0 radical (unpaired) electrons. The molecule has 2 N–H and O–H groups in total. The average Bonchev–Trinajstić information content (AvgIpc) is 2.41. The van der Waals surface area contributed by atoms with Crippen LogP contribution in [0.4, 0.5) is 11.4 Å².